The van der Waals surface area contributed by atoms with Crippen LogP contribution in [0.25, 0.3) is 0 Å². The number of hydrogen-bond donors (Lipinski definition) is 1. The van der Waals surface area contributed by atoms with Crippen molar-refractivity contribution in [3.8, 4) is 0 Å². The third-order valence-corrected chi connectivity index (χ3v) is 3.84. The van der Waals surface area contributed by atoms with Crippen molar-refractivity contribution >= 4 is 5.82 Å². The van der Waals surface area contributed by atoms with Crippen molar-refractivity contribution in [3.05, 3.63) is 23.6 Å². The highest BCUT2D eigenvalue weighted by Crippen LogP contribution is 2.26. The van der Waals surface area contributed by atoms with Gasteiger partial charge in [-0.1, -0.05) is 19.8 Å². The minimum absolute atomic E-state index is 0.155. The van der Waals surface area contributed by atoms with E-state index in [0.717, 1.165) is 25.9 Å². The lowest BCUT2D eigenvalue weighted by atomic mass is 10.1. The van der Waals surface area contributed by atoms with E-state index in [0.29, 0.717) is 24.0 Å². The van der Waals surface area contributed by atoms with Crippen molar-refractivity contribution in [2.75, 3.05) is 18.0 Å². The molecule has 0 saturated carbocycles. The average Bonchev–Trinajstić information content (AvgIpc) is 2.62. The van der Waals surface area contributed by atoms with Gasteiger partial charge in [-0.2, -0.15) is 0 Å². The van der Waals surface area contributed by atoms with Crippen LogP contribution in [0.15, 0.2) is 12.3 Å². The molecule has 2 rings (SSSR count). The van der Waals surface area contributed by atoms with Crippen molar-refractivity contribution in [3.63, 3.8) is 0 Å². The number of rotatable bonds is 4. The van der Waals surface area contributed by atoms with E-state index >= 15 is 0 Å². The summed E-state index contributed by atoms with van der Waals surface area (Å²) in [5, 5.41) is 3.17. The molecular formula is C15H24FN3. The van der Waals surface area contributed by atoms with E-state index in [4.69, 9.17) is 0 Å². The van der Waals surface area contributed by atoms with Crippen LogP contribution in [0.5, 0.6) is 0 Å². The van der Waals surface area contributed by atoms with Gasteiger partial charge in [-0.15, -0.1) is 0 Å². The smallest absolute Gasteiger partial charge is 0.170 e. The van der Waals surface area contributed by atoms with Crippen LogP contribution in [0.2, 0.25) is 0 Å². The molecule has 1 fully saturated rings. The summed E-state index contributed by atoms with van der Waals surface area (Å²) in [6.45, 7) is 6.52. The first-order valence-electron chi connectivity index (χ1n) is 7.34. The van der Waals surface area contributed by atoms with Crippen LogP contribution in [-0.2, 0) is 6.54 Å². The molecule has 1 unspecified atom stereocenters. The molecule has 3 nitrogen and oxygen atoms in total. The van der Waals surface area contributed by atoms with Gasteiger partial charge in [-0.3, -0.25) is 0 Å². The molecule has 0 amide bonds. The minimum atomic E-state index is -0.155. The molecule has 1 aliphatic rings. The van der Waals surface area contributed by atoms with Gasteiger partial charge in [0, 0.05) is 30.9 Å². The second-order valence-corrected chi connectivity index (χ2v) is 5.28. The maximum Gasteiger partial charge on any atom is 0.170 e. The molecule has 4 heteroatoms. The van der Waals surface area contributed by atoms with Gasteiger partial charge in [-0.25, -0.2) is 9.37 Å². The predicted octanol–water partition coefficient (Wildman–Crippen LogP) is 3.10. The van der Waals surface area contributed by atoms with Crippen LogP contribution >= 0.6 is 0 Å². The predicted molar refractivity (Wildman–Crippen MR) is 76.9 cm³/mol. The number of hydrogen-bond acceptors (Lipinski definition) is 3. The van der Waals surface area contributed by atoms with Gasteiger partial charge in [0.15, 0.2) is 11.6 Å². The Morgan fingerprint density at radius 3 is 3.05 bits per heavy atom. The van der Waals surface area contributed by atoms with E-state index in [9.17, 15) is 4.39 Å². The SMILES string of the molecule is CCNCc1ccnc(N2CCCCCC2C)c1F. The second-order valence-electron chi connectivity index (χ2n) is 5.28. The highest BCUT2D eigenvalue weighted by Gasteiger charge is 2.22. The maximum atomic E-state index is 14.5. The van der Waals surface area contributed by atoms with Gasteiger partial charge in [0.2, 0.25) is 0 Å². The fourth-order valence-electron chi connectivity index (χ4n) is 2.66. The summed E-state index contributed by atoms with van der Waals surface area (Å²) in [5.41, 5.74) is 0.711. The lowest BCUT2D eigenvalue weighted by molar-refractivity contribution is 0.555. The Morgan fingerprint density at radius 2 is 2.26 bits per heavy atom. The molecule has 2 heterocycles. The lowest BCUT2D eigenvalue weighted by Gasteiger charge is -2.29. The average molecular weight is 265 g/mol. The molecule has 1 aliphatic heterocycles. The van der Waals surface area contributed by atoms with Gasteiger partial charge in [0.25, 0.3) is 0 Å². The molecular weight excluding hydrogens is 241 g/mol. The van der Waals surface area contributed by atoms with Crippen LogP contribution < -0.4 is 10.2 Å². The standard InChI is InChI=1S/C15H24FN3/c1-3-17-11-13-8-9-18-15(14(13)16)19-10-6-4-5-7-12(19)2/h8-9,12,17H,3-7,10-11H2,1-2H3. The number of pyridine rings is 1. The van der Waals surface area contributed by atoms with Crippen LogP contribution in [-0.4, -0.2) is 24.1 Å². The monoisotopic (exact) mass is 265 g/mol. The quantitative estimate of drug-likeness (QED) is 0.906. The van der Waals surface area contributed by atoms with Crippen LogP contribution in [0.3, 0.4) is 0 Å². The van der Waals surface area contributed by atoms with Crippen LogP contribution in [0.1, 0.15) is 45.1 Å². The third-order valence-electron chi connectivity index (χ3n) is 3.84. The molecule has 1 saturated heterocycles. The van der Waals surface area contributed by atoms with Crippen molar-refractivity contribution < 1.29 is 4.39 Å². The molecule has 0 aliphatic carbocycles. The van der Waals surface area contributed by atoms with E-state index in [1.807, 2.05) is 6.92 Å². The molecule has 0 bridgehead atoms. The van der Waals surface area contributed by atoms with Gasteiger partial charge >= 0.3 is 0 Å². The summed E-state index contributed by atoms with van der Waals surface area (Å²) in [4.78, 5) is 6.42. The molecule has 1 atom stereocenters. The topological polar surface area (TPSA) is 28.2 Å². The molecule has 0 radical (unpaired) electrons. The zero-order valence-corrected chi connectivity index (χ0v) is 12.0. The first kappa shape index (κ1) is 14.3. The van der Waals surface area contributed by atoms with Crippen molar-refractivity contribution in [1.82, 2.24) is 10.3 Å². The van der Waals surface area contributed by atoms with Crippen LogP contribution in [0.4, 0.5) is 10.2 Å². The Kier molecular flexibility index (Phi) is 5.14. The first-order valence-corrected chi connectivity index (χ1v) is 7.34. The molecule has 0 spiro atoms. The Balaban J connectivity index is 2.22. The van der Waals surface area contributed by atoms with E-state index in [1.165, 1.54) is 12.8 Å². The van der Waals surface area contributed by atoms with Gasteiger partial charge in [-0.05, 0) is 32.4 Å². The van der Waals surface area contributed by atoms with E-state index in [-0.39, 0.29) is 5.82 Å². The number of nitrogens with zero attached hydrogens (tertiary/aromatic N) is 2. The second kappa shape index (κ2) is 6.85. The number of nitrogens with one attached hydrogen (secondary N) is 1. The van der Waals surface area contributed by atoms with E-state index in [2.05, 4.69) is 22.1 Å². The molecule has 106 valence electrons. The zero-order valence-electron chi connectivity index (χ0n) is 12.0. The summed E-state index contributed by atoms with van der Waals surface area (Å²) < 4.78 is 14.5. The third kappa shape index (κ3) is 3.44. The molecule has 0 aromatic carbocycles. The maximum absolute atomic E-state index is 14.5. The van der Waals surface area contributed by atoms with E-state index in [1.54, 1.807) is 12.3 Å². The number of halogens is 1. The lowest BCUT2D eigenvalue weighted by Crippen LogP contribution is -2.34. The Bertz CT molecular complexity index is 408. The highest BCUT2D eigenvalue weighted by atomic mass is 19.1. The zero-order chi connectivity index (χ0) is 13.7. The van der Waals surface area contributed by atoms with Gasteiger partial charge in [0.05, 0.1) is 0 Å². The number of aromatic nitrogens is 1. The van der Waals surface area contributed by atoms with Gasteiger partial charge < -0.3 is 10.2 Å². The van der Waals surface area contributed by atoms with Crippen molar-refractivity contribution in [2.24, 2.45) is 0 Å². The number of anilines is 1. The fourth-order valence-corrected chi connectivity index (χ4v) is 2.66. The largest absolute Gasteiger partial charge is 0.351 e. The van der Waals surface area contributed by atoms with Gasteiger partial charge in [0.1, 0.15) is 0 Å². The highest BCUT2D eigenvalue weighted by molar-refractivity contribution is 5.44. The summed E-state index contributed by atoms with van der Waals surface area (Å²) in [7, 11) is 0. The Hall–Kier alpha value is -1.16. The normalized spacial score (nSPS) is 20.4. The Morgan fingerprint density at radius 1 is 1.42 bits per heavy atom. The first-order chi connectivity index (χ1) is 9.24. The Labute approximate surface area is 115 Å². The summed E-state index contributed by atoms with van der Waals surface area (Å²) in [5.74, 6) is 0.377. The van der Waals surface area contributed by atoms with Crippen LogP contribution in [0, 0.1) is 5.82 Å². The van der Waals surface area contributed by atoms with Crippen molar-refractivity contribution in [2.45, 2.75) is 52.1 Å². The molecule has 1 N–H and O–H groups in total. The molecule has 1 aromatic rings. The summed E-state index contributed by atoms with van der Waals surface area (Å²) in [6.07, 6.45) is 6.44. The van der Waals surface area contributed by atoms with Crippen molar-refractivity contribution in [1.29, 1.82) is 0 Å². The van der Waals surface area contributed by atoms with E-state index < -0.39 is 0 Å². The summed E-state index contributed by atoms with van der Waals surface area (Å²) in [6, 6.07) is 2.14. The fraction of sp³-hybridized carbons (Fsp3) is 0.667. The molecule has 1 aromatic heterocycles. The minimum Gasteiger partial charge on any atom is -0.351 e. The summed E-state index contributed by atoms with van der Waals surface area (Å²) >= 11 is 0. The molecule has 19 heavy (non-hydrogen) atoms.